The summed E-state index contributed by atoms with van der Waals surface area (Å²) in [7, 11) is 0. The molecule has 4 heteroatoms. The van der Waals surface area contributed by atoms with Gasteiger partial charge in [-0.1, -0.05) is 64.1 Å². The molecule has 0 fully saturated rings. The third-order valence-corrected chi connectivity index (χ3v) is 1.73. The Morgan fingerprint density at radius 1 is 1.21 bits per heavy atom. The highest BCUT2D eigenvalue weighted by Gasteiger charge is 2.00. The van der Waals surface area contributed by atoms with E-state index in [4.69, 9.17) is 5.73 Å². The molecule has 0 aliphatic rings. The van der Waals surface area contributed by atoms with Gasteiger partial charge in [-0.05, 0) is 6.92 Å². The summed E-state index contributed by atoms with van der Waals surface area (Å²) in [5.74, 6) is 0.0201. The summed E-state index contributed by atoms with van der Waals surface area (Å²) in [5, 5.41) is 3.62. The molecule has 0 aliphatic carbocycles. The maximum absolute atomic E-state index is 11.5. The van der Waals surface area contributed by atoms with Crippen LogP contribution in [0.1, 0.15) is 43.6 Å². The third-order valence-electron chi connectivity index (χ3n) is 1.73. The monoisotopic (exact) mass is 263 g/mol. The van der Waals surface area contributed by atoms with Crippen LogP contribution in [0.4, 0.5) is 0 Å². The van der Waals surface area contributed by atoms with Gasteiger partial charge in [0.15, 0.2) is 0 Å². The number of nitrogens with one attached hydrogen (secondary N) is 1. The lowest BCUT2D eigenvalue weighted by Gasteiger charge is -1.97. The molecule has 1 rings (SSSR count). The highest BCUT2D eigenvalue weighted by atomic mass is 16.1. The van der Waals surface area contributed by atoms with Crippen LogP contribution in [0, 0.1) is 6.92 Å². The van der Waals surface area contributed by atoms with Crippen molar-refractivity contribution in [3.63, 3.8) is 0 Å². The SMILES string of the molecule is C=C(N)N/N=C/C(=O)c1ccc(C)cc1.CC.CC. The van der Waals surface area contributed by atoms with Crippen LogP contribution >= 0.6 is 0 Å². The van der Waals surface area contributed by atoms with E-state index in [9.17, 15) is 4.79 Å². The topological polar surface area (TPSA) is 67.5 Å². The number of nitrogens with two attached hydrogens (primary N) is 1. The van der Waals surface area contributed by atoms with Crippen LogP contribution in [0.3, 0.4) is 0 Å². The van der Waals surface area contributed by atoms with E-state index in [1.165, 1.54) is 6.21 Å². The second-order valence-electron chi connectivity index (χ2n) is 3.13. The van der Waals surface area contributed by atoms with Gasteiger partial charge >= 0.3 is 0 Å². The number of benzene rings is 1. The zero-order valence-electron chi connectivity index (χ0n) is 12.5. The van der Waals surface area contributed by atoms with Crippen LogP contribution < -0.4 is 11.2 Å². The van der Waals surface area contributed by atoms with Crippen molar-refractivity contribution in [3.05, 3.63) is 47.8 Å². The molecule has 0 atom stereocenters. The molecule has 19 heavy (non-hydrogen) atoms. The average Bonchev–Trinajstić information content (AvgIpc) is 2.43. The van der Waals surface area contributed by atoms with Gasteiger partial charge in [-0.15, -0.1) is 0 Å². The molecular weight excluding hydrogens is 238 g/mol. The fraction of sp³-hybridized carbons (Fsp3) is 0.333. The van der Waals surface area contributed by atoms with Gasteiger partial charge < -0.3 is 5.73 Å². The molecule has 4 nitrogen and oxygen atoms in total. The number of Topliss-reactive ketones (excluding diaryl/α,β-unsaturated/α-hetero) is 1. The van der Waals surface area contributed by atoms with E-state index in [1.54, 1.807) is 12.1 Å². The van der Waals surface area contributed by atoms with Gasteiger partial charge in [-0.2, -0.15) is 5.10 Å². The molecule has 1 aromatic rings. The minimum absolute atomic E-state index is 0.177. The zero-order valence-corrected chi connectivity index (χ0v) is 12.5. The molecule has 0 radical (unpaired) electrons. The quantitative estimate of drug-likeness (QED) is 0.498. The van der Waals surface area contributed by atoms with E-state index in [2.05, 4.69) is 17.1 Å². The van der Waals surface area contributed by atoms with E-state index < -0.39 is 0 Å². The Morgan fingerprint density at radius 2 is 1.68 bits per heavy atom. The van der Waals surface area contributed by atoms with Crippen molar-refractivity contribution < 1.29 is 4.79 Å². The molecule has 1 aromatic carbocycles. The molecular formula is C15H25N3O. The zero-order chi connectivity index (χ0) is 15.3. The number of ketones is 1. The number of hydrazone groups is 1. The normalized spacial score (nSPS) is 8.68. The highest BCUT2D eigenvalue weighted by molar-refractivity contribution is 6.35. The number of rotatable bonds is 4. The first-order valence-electron chi connectivity index (χ1n) is 6.44. The molecule has 0 bridgehead atoms. The lowest BCUT2D eigenvalue weighted by Crippen LogP contribution is -2.13. The van der Waals surface area contributed by atoms with E-state index in [-0.39, 0.29) is 11.6 Å². The van der Waals surface area contributed by atoms with Crippen molar-refractivity contribution in [3.8, 4) is 0 Å². The smallest absolute Gasteiger partial charge is 0.205 e. The predicted molar refractivity (Wildman–Crippen MR) is 83.2 cm³/mol. The minimum Gasteiger partial charge on any atom is -0.385 e. The Balaban J connectivity index is 0. The van der Waals surface area contributed by atoms with E-state index in [0.29, 0.717) is 5.56 Å². The predicted octanol–water partition coefficient (Wildman–Crippen LogP) is 3.24. The first-order valence-corrected chi connectivity index (χ1v) is 6.44. The molecule has 0 saturated heterocycles. The molecule has 106 valence electrons. The third kappa shape index (κ3) is 9.59. The minimum atomic E-state index is -0.177. The van der Waals surface area contributed by atoms with Gasteiger partial charge in [0.25, 0.3) is 0 Å². The first-order chi connectivity index (χ1) is 9.09. The van der Waals surface area contributed by atoms with Gasteiger partial charge in [0.1, 0.15) is 5.82 Å². The molecule has 0 spiro atoms. The van der Waals surface area contributed by atoms with Crippen LogP contribution in [0.2, 0.25) is 0 Å². The fourth-order valence-corrected chi connectivity index (χ4v) is 0.966. The Morgan fingerprint density at radius 3 is 2.11 bits per heavy atom. The Hall–Kier alpha value is -2.10. The lowest BCUT2D eigenvalue weighted by molar-refractivity contribution is 0.107. The number of hydrogen-bond donors (Lipinski definition) is 2. The van der Waals surface area contributed by atoms with Crippen LogP contribution in [0.25, 0.3) is 0 Å². The Labute approximate surface area is 116 Å². The van der Waals surface area contributed by atoms with Crippen molar-refractivity contribution >= 4 is 12.0 Å². The fourth-order valence-electron chi connectivity index (χ4n) is 0.966. The molecule has 0 aliphatic heterocycles. The van der Waals surface area contributed by atoms with Crippen LogP contribution in [-0.4, -0.2) is 12.0 Å². The second-order valence-corrected chi connectivity index (χ2v) is 3.13. The standard InChI is InChI=1S/C11H13N3O.2C2H6/c1-8-3-5-10(6-4-8)11(15)7-13-14-9(2)12;2*1-2/h3-7,14H,2,12H2,1H3;2*1-2H3/b13-7+;;. The Bertz CT molecular complexity index is 394. The summed E-state index contributed by atoms with van der Waals surface area (Å²) < 4.78 is 0. The van der Waals surface area contributed by atoms with Crippen molar-refractivity contribution in [2.24, 2.45) is 10.8 Å². The molecule has 0 saturated carbocycles. The highest BCUT2D eigenvalue weighted by Crippen LogP contribution is 2.02. The Kier molecular flexibility index (Phi) is 12.5. The van der Waals surface area contributed by atoms with Crippen LogP contribution in [0.15, 0.2) is 41.8 Å². The van der Waals surface area contributed by atoms with Gasteiger partial charge in [0, 0.05) is 5.56 Å². The van der Waals surface area contributed by atoms with Gasteiger partial charge in [-0.25, -0.2) is 0 Å². The van der Waals surface area contributed by atoms with Crippen molar-refractivity contribution in [2.45, 2.75) is 34.6 Å². The molecule has 3 N–H and O–H groups in total. The first kappa shape index (κ1) is 19.2. The van der Waals surface area contributed by atoms with Crippen LogP contribution in [0.5, 0.6) is 0 Å². The number of nitrogens with zero attached hydrogens (tertiary/aromatic N) is 1. The van der Waals surface area contributed by atoms with Crippen molar-refractivity contribution in [1.29, 1.82) is 0 Å². The van der Waals surface area contributed by atoms with Crippen molar-refractivity contribution in [1.82, 2.24) is 5.43 Å². The molecule has 0 unspecified atom stereocenters. The molecule has 0 amide bonds. The maximum atomic E-state index is 11.5. The van der Waals surface area contributed by atoms with E-state index in [0.717, 1.165) is 5.56 Å². The summed E-state index contributed by atoms with van der Waals surface area (Å²) in [4.78, 5) is 11.5. The maximum Gasteiger partial charge on any atom is 0.205 e. The summed E-state index contributed by atoms with van der Waals surface area (Å²) in [6.45, 7) is 13.3. The number of carbonyl (C=O) groups is 1. The summed E-state index contributed by atoms with van der Waals surface area (Å²) >= 11 is 0. The molecule has 0 aromatic heterocycles. The lowest BCUT2D eigenvalue weighted by atomic mass is 10.1. The van der Waals surface area contributed by atoms with Crippen molar-refractivity contribution in [2.75, 3.05) is 0 Å². The van der Waals surface area contributed by atoms with Crippen LogP contribution in [-0.2, 0) is 0 Å². The summed E-state index contributed by atoms with van der Waals surface area (Å²) in [6, 6.07) is 7.24. The summed E-state index contributed by atoms with van der Waals surface area (Å²) in [5.41, 5.74) is 9.30. The largest absolute Gasteiger partial charge is 0.385 e. The average molecular weight is 263 g/mol. The van der Waals surface area contributed by atoms with Gasteiger partial charge in [-0.3, -0.25) is 10.2 Å². The second kappa shape index (κ2) is 12.4. The van der Waals surface area contributed by atoms with Gasteiger partial charge in [0.2, 0.25) is 5.78 Å². The molecule has 0 heterocycles. The van der Waals surface area contributed by atoms with Gasteiger partial charge in [0.05, 0.1) is 6.21 Å². The summed E-state index contributed by atoms with van der Waals surface area (Å²) in [6.07, 6.45) is 1.17. The number of carbonyl (C=O) groups excluding carboxylic acids is 1. The number of hydrogen-bond acceptors (Lipinski definition) is 4. The van der Waals surface area contributed by atoms with E-state index in [1.807, 2.05) is 46.8 Å². The number of aryl methyl sites for hydroxylation is 1. The van der Waals surface area contributed by atoms with E-state index >= 15 is 0 Å².